The second-order valence-electron chi connectivity index (χ2n) is 4.64. The number of halogens is 1. The van der Waals surface area contributed by atoms with Gasteiger partial charge in [0.05, 0.1) is 13.2 Å². The lowest BCUT2D eigenvalue weighted by molar-refractivity contribution is 0.0398. The molecule has 0 atom stereocenters. The van der Waals surface area contributed by atoms with Gasteiger partial charge in [0, 0.05) is 38.2 Å². The van der Waals surface area contributed by atoms with Crippen LogP contribution >= 0.6 is 11.6 Å². The summed E-state index contributed by atoms with van der Waals surface area (Å²) in [4.78, 5) is 11.1. The zero-order valence-corrected chi connectivity index (χ0v) is 12.3. The number of morpholine rings is 1. The molecule has 1 saturated heterocycles. The molecule has 106 valence electrons. The Morgan fingerprint density at radius 3 is 2.74 bits per heavy atom. The largest absolute Gasteiger partial charge is 0.379 e. The van der Waals surface area contributed by atoms with E-state index in [0.717, 1.165) is 63.0 Å². The third-order valence-corrected chi connectivity index (χ3v) is 3.64. The minimum Gasteiger partial charge on any atom is -0.379 e. The quantitative estimate of drug-likeness (QED) is 0.835. The minimum absolute atomic E-state index is 0.542. The van der Waals surface area contributed by atoms with E-state index < -0.39 is 0 Å². The van der Waals surface area contributed by atoms with Crippen molar-refractivity contribution < 1.29 is 4.74 Å². The first-order valence-corrected chi connectivity index (χ1v) is 7.15. The van der Waals surface area contributed by atoms with E-state index in [0.29, 0.717) is 5.15 Å². The van der Waals surface area contributed by atoms with E-state index in [-0.39, 0.29) is 0 Å². The van der Waals surface area contributed by atoms with Gasteiger partial charge in [0.2, 0.25) is 0 Å². The van der Waals surface area contributed by atoms with Gasteiger partial charge in [-0.05, 0) is 6.92 Å². The Morgan fingerprint density at radius 1 is 1.32 bits per heavy atom. The van der Waals surface area contributed by atoms with Crippen LogP contribution in [0.25, 0.3) is 0 Å². The average Bonchev–Trinajstić information content (AvgIpc) is 2.44. The van der Waals surface area contributed by atoms with Crippen LogP contribution in [0, 0.1) is 6.92 Å². The van der Waals surface area contributed by atoms with Gasteiger partial charge < -0.3 is 10.1 Å². The van der Waals surface area contributed by atoms with Gasteiger partial charge >= 0.3 is 0 Å². The Labute approximate surface area is 119 Å². The molecule has 0 bridgehead atoms. The molecule has 1 N–H and O–H groups in total. The molecule has 1 aliphatic heterocycles. The number of aryl methyl sites for hydroxylation is 1. The van der Waals surface area contributed by atoms with Crippen LogP contribution in [0.15, 0.2) is 0 Å². The zero-order valence-electron chi connectivity index (χ0n) is 11.6. The van der Waals surface area contributed by atoms with Crippen LogP contribution in [-0.4, -0.2) is 54.3 Å². The van der Waals surface area contributed by atoms with Crippen LogP contribution in [0.3, 0.4) is 0 Å². The maximum Gasteiger partial charge on any atom is 0.137 e. The third-order valence-electron chi connectivity index (χ3n) is 3.27. The Bertz CT molecular complexity index is 421. The monoisotopic (exact) mass is 284 g/mol. The summed E-state index contributed by atoms with van der Waals surface area (Å²) in [5.41, 5.74) is 0.917. The van der Waals surface area contributed by atoms with Crippen LogP contribution in [0.4, 0.5) is 5.82 Å². The normalized spacial score (nSPS) is 16.6. The molecule has 1 aromatic rings. The van der Waals surface area contributed by atoms with Gasteiger partial charge in [-0.3, -0.25) is 4.90 Å². The van der Waals surface area contributed by atoms with Gasteiger partial charge in [0.1, 0.15) is 16.8 Å². The lowest BCUT2D eigenvalue weighted by atomic mass is 10.3. The van der Waals surface area contributed by atoms with Gasteiger partial charge in [-0.2, -0.15) is 0 Å². The number of hydrogen-bond acceptors (Lipinski definition) is 5. The summed E-state index contributed by atoms with van der Waals surface area (Å²) in [6, 6.07) is 0. The van der Waals surface area contributed by atoms with E-state index in [4.69, 9.17) is 16.3 Å². The first kappa shape index (κ1) is 14.5. The Hall–Kier alpha value is -0.910. The highest BCUT2D eigenvalue weighted by Gasteiger charge is 2.11. The molecule has 0 saturated carbocycles. The molecule has 0 amide bonds. The highest BCUT2D eigenvalue weighted by molar-refractivity contribution is 6.30. The molecule has 2 rings (SSSR count). The molecule has 0 aromatic carbocycles. The number of aromatic nitrogens is 2. The highest BCUT2D eigenvalue weighted by Crippen LogP contribution is 2.19. The highest BCUT2D eigenvalue weighted by atomic mass is 35.5. The van der Waals surface area contributed by atoms with Gasteiger partial charge in [-0.1, -0.05) is 18.5 Å². The molecular weight excluding hydrogens is 264 g/mol. The maximum atomic E-state index is 6.11. The number of anilines is 1. The van der Waals surface area contributed by atoms with Crippen molar-refractivity contribution in [1.82, 2.24) is 14.9 Å². The fraction of sp³-hybridized carbons (Fsp3) is 0.692. The van der Waals surface area contributed by atoms with Gasteiger partial charge in [0.15, 0.2) is 0 Å². The van der Waals surface area contributed by atoms with Crippen molar-refractivity contribution in [3.05, 3.63) is 16.5 Å². The van der Waals surface area contributed by atoms with Crippen molar-refractivity contribution in [3.63, 3.8) is 0 Å². The first-order valence-electron chi connectivity index (χ1n) is 6.77. The van der Waals surface area contributed by atoms with Crippen LogP contribution in [0.2, 0.25) is 5.15 Å². The predicted molar refractivity (Wildman–Crippen MR) is 76.9 cm³/mol. The van der Waals surface area contributed by atoms with E-state index in [2.05, 4.69) is 20.2 Å². The zero-order chi connectivity index (χ0) is 13.7. The van der Waals surface area contributed by atoms with Crippen LogP contribution in [0.5, 0.6) is 0 Å². The van der Waals surface area contributed by atoms with Gasteiger partial charge in [0.25, 0.3) is 0 Å². The van der Waals surface area contributed by atoms with Gasteiger partial charge in [-0.15, -0.1) is 0 Å². The number of nitrogens with one attached hydrogen (secondary N) is 1. The summed E-state index contributed by atoms with van der Waals surface area (Å²) in [5.74, 6) is 1.63. The topological polar surface area (TPSA) is 50.3 Å². The van der Waals surface area contributed by atoms with Crippen LogP contribution < -0.4 is 5.32 Å². The molecule has 2 heterocycles. The number of rotatable bonds is 5. The van der Waals surface area contributed by atoms with E-state index in [1.54, 1.807) is 0 Å². The summed E-state index contributed by atoms with van der Waals surface area (Å²) < 4.78 is 5.33. The summed E-state index contributed by atoms with van der Waals surface area (Å²) in [7, 11) is 0. The molecule has 6 heteroatoms. The molecule has 0 unspecified atom stereocenters. The molecule has 1 aromatic heterocycles. The Balaban J connectivity index is 1.89. The second-order valence-corrected chi connectivity index (χ2v) is 5.00. The van der Waals surface area contributed by atoms with Crippen molar-refractivity contribution >= 4 is 17.4 Å². The standard InChI is InChI=1S/C13H21ClN4O/c1-3-11-16-12(14)10(2)13(17-11)15-4-5-18-6-8-19-9-7-18/h3-9H2,1-2H3,(H,15,16,17). The fourth-order valence-corrected chi connectivity index (χ4v) is 2.21. The number of ether oxygens (including phenoxy) is 1. The molecular formula is C13H21ClN4O. The molecule has 5 nitrogen and oxygen atoms in total. The van der Waals surface area contributed by atoms with Crippen molar-refractivity contribution in [1.29, 1.82) is 0 Å². The molecule has 0 radical (unpaired) electrons. The summed E-state index contributed by atoms with van der Waals surface area (Å²) >= 11 is 6.11. The van der Waals surface area contributed by atoms with Crippen molar-refractivity contribution in [3.8, 4) is 0 Å². The average molecular weight is 285 g/mol. The lowest BCUT2D eigenvalue weighted by Gasteiger charge is -2.26. The fourth-order valence-electron chi connectivity index (χ4n) is 2.02. The molecule has 1 aliphatic rings. The van der Waals surface area contributed by atoms with Crippen LogP contribution in [-0.2, 0) is 11.2 Å². The summed E-state index contributed by atoms with van der Waals surface area (Å²) in [6.07, 6.45) is 0.790. The number of nitrogens with zero attached hydrogens (tertiary/aromatic N) is 3. The van der Waals surface area contributed by atoms with Gasteiger partial charge in [-0.25, -0.2) is 9.97 Å². The van der Waals surface area contributed by atoms with E-state index in [1.807, 2.05) is 13.8 Å². The van der Waals surface area contributed by atoms with E-state index in [1.165, 1.54) is 0 Å². The Morgan fingerprint density at radius 2 is 2.05 bits per heavy atom. The molecule has 19 heavy (non-hydrogen) atoms. The van der Waals surface area contributed by atoms with E-state index in [9.17, 15) is 0 Å². The maximum absolute atomic E-state index is 6.11. The first-order chi connectivity index (χ1) is 9.20. The SMILES string of the molecule is CCc1nc(Cl)c(C)c(NCCN2CCOCC2)n1. The van der Waals surface area contributed by atoms with Crippen molar-refractivity contribution in [2.45, 2.75) is 20.3 Å². The minimum atomic E-state index is 0.542. The van der Waals surface area contributed by atoms with Crippen molar-refractivity contribution in [2.24, 2.45) is 0 Å². The molecule has 0 spiro atoms. The predicted octanol–water partition coefficient (Wildman–Crippen LogP) is 1.74. The second kappa shape index (κ2) is 7.03. The molecule has 0 aliphatic carbocycles. The van der Waals surface area contributed by atoms with Crippen molar-refractivity contribution in [2.75, 3.05) is 44.7 Å². The van der Waals surface area contributed by atoms with E-state index >= 15 is 0 Å². The third kappa shape index (κ3) is 4.03. The summed E-state index contributed by atoms with van der Waals surface area (Å²) in [6.45, 7) is 9.49. The lowest BCUT2D eigenvalue weighted by Crippen LogP contribution is -2.39. The molecule has 1 fully saturated rings. The smallest absolute Gasteiger partial charge is 0.137 e. The Kier molecular flexibility index (Phi) is 5.36. The summed E-state index contributed by atoms with van der Waals surface area (Å²) in [5, 5.41) is 3.90. The van der Waals surface area contributed by atoms with Crippen LogP contribution in [0.1, 0.15) is 18.3 Å². The number of hydrogen-bond donors (Lipinski definition) is 1.